The van der Waals surface area contributed by atoms with Crippen LogP contribution in [0.4, 0.5) is 4.39 Å². The largest absolute Gasteiger partial charge is 0.323 e. The number of rotatable bonds is 3. The molecule has 0 fully saturated rings. The minimum atomic E-state index is -0.271. The molecular formula is C16H14ClFN2. The lowest BCUT2D eigenvalue weighted by Crippen LogP contribution is -2.05. The molecule has 0 aliphatic carbocycles. The zero-order chi connectivity index (χ0) is 14.1. The fourth-order valence-electron chi connectivity index (χ4n) is 2.41. The van der Waals surface area contributed by atoms with E-state index in [9.17, 15) is 4.39 Å². The molecule has 1 aromatic heterocycles. The summed E-state index contributed by atoms with van der Waals surface area (Å²) >= 11 is 6.16. The topological polar surface area (TPSA) is 17.8 Å². The molecule has 2 nitrogen and oxygen atoms in total. The molecule has 4 heteroatoms. The van der Waals surface area contributed by atoms with Crippen LogP contribution in [0.15, 0.2) is 42.5 Å². The number of para-hydroxylation sites is 2. The molecule has 0 amide bonds. The lowest BCUT2D eigenvalue weighted by atomic mass is 10.2. The molecule has 102 valence electrons. The first-order chi connectivity index (χ1) is 9.69. The number of aromatic nitrogens is 2. The van der Waals surface area contributed by atoms with Gasteiger partial charge in [-0.25, -0.2) is 9.37 Å². The van der Waals surface area contributed by atoms with Crippen LogP contribution in [0.3, 0.4) is 0 Å². The smallest absolute Gasteiger partial charge is 0.123 e. The van der Waals surface area contributed by atoms with Gasteiger partial charge in [0, 0.05) is 11.4 Å². The first-order valence-electron chi connectivity index (χ1n) is 6.57. The second kappa shape index (κ2) is 5.25. The fraction of sp³-hybridized carbons (Fsp3) is 0.188. The Morgan fingerprint density at radius 3 is 2.80 bits per heavy atom. The van der Waals surface area contributed by atoms with Crippen LogP contribution in [-0.2, 0) is 13.0 Å². The van der Waals surface area contributed by atoms with Crippen molar-refractivity contribution in [2.75, 3.05) is 0 Å². The van der Waals surface area contributed by atoms with Crippen molar-refractivity contribution in [3.8, 4) is 0 Å². The second-order valence-electron chi connectivity index (χ2n) is 4.69. The summed E-state index contributed by atoms with van der Waals surface area (Å²) in [6, 6.07) is 12.4. The molecule has 0 radical (unpaired) electrons. The number of halogens is 2. The van der Waals surface area contributed by atoms with Gasteiger partial charge in [-0.3, -0.25) is 0 Å². The van der Waals surface area contributed by atoms with Crippen molar-refractivity contribution < 1.29 is 4.39 Å². The maximum absolute atomic E-state index is 13.4. The molecule has 1 heterocycles. The van der Waals surface area contributed by atoms with Crippen molar-refractivity contribution >= 4 is 22.6 Å². The van der Waals surface area contributed by atoms with Gasteiger partial charge < -0.3 is 4.57 Å². The quantitative estimate of drug-likeness (QED) is 0.697. The van der Waals surface area contributed by atoms with Gasteiger partial charge in [0.2, 0.25) is 0 Å². The minimum absolute atomic E-state index is 0.271. The van der Waals surface area contributed by atoms with Gasteiger partial charge in [0.05, 0.1) is 17.6 Å². The molecule has 0 unspecified atom stereocenters. The van der Waals surface area contributed by atoms with E-state index in [0.29, 0.717) is 11.6 Å². The van der Waals surface area contributed by atoms with E-state index in [1.54, 1.807) is 6.07 Å². The summed E-state index contributed by atoms with van der Waals surface area (Å²) in [6.07, 6.45) is 0.821. The van der Waals surface area contributed by atoms with Crippen molar-refractivity contribution in [3.63, 3.8) is 0 Å². The normalized spacial score (nSPS) is 11.2. The molecule has 0 aliphatic heterocycles. The van der Waals surface area contributed by atoms with Crippen LogP contribution in [0.5, 0.6) is 0 Å². The summed E-state index contributed by atoms with van der Waals surface area (Å²) in [7, 11) is 0. The summed E-state index contributed by atoms with van der Waals surface area (Å²) in [6.45, 7) is 2.59. The van der Waals surface area contributed by atoms with E-state index in [4.69, 9.17) is 11.6 Å². The van der Waals surface area contributed by atoms with Crippen molar-refractivity contribution in [1.29, 1.82) is 0 Å². The van der Waals surface area contributed by atoms with E-state index in [1.807, 2.05) is 24.3 Å². The number of benzene rings is 2. The average molecular weight is 289 g/mol. The third-order valence-electron chi connectivity index (χ3n) is 3.39. The Hall–Kier alpha value is -1.87. The molecule has 0 saturated carbocycles. The van der Waals surface area contributed by atoms with Crippen molar-refractivity contribution in [1.82, 2.24) is 9.55 Å². The predicted octanol–water partition coefficient (Wildman–Crippen LogP) is 4.44. The monoisotopic (exact) mass is 288 g/mol. The van der Waals surface area contributed by atoms with Crippen molar-refractivity contribution in [2.24, 2.45) is 0 Å². The SMILES string of the molecule is CCc1nc2ccccc2n1Cc1cc(F)ccc1Cl. The highest BCUT2D eigenvalue weighted by Crippen LogP contribution is 2.22. The molecule has 0 spiro atoms. The number of aryl methyl sites for hydroxylation is 1. The first kappa shape index (κ1) is 13.1. The zero-order valence-electron chi connectivity index (χ0n) is 11.1. The van der Waals surface area contributed by atoms with Crippen molar-refractivity contribution in [2.45, 2.75) is 19.9 Å². The Bertz CT molecular complexity index is 764. The second-order valence-corrected chi connectivity index (χ2v) is 5.10. The van der Waals surface area contributed by atoms with E-state index in [1.165, 1.54) is 12.1 Å². The van der Waals surface area contributed by atoms with Gasteiger partial charge in [-0.15, -0.1) is 0 Å². The van der Waals surface area contributed by atoms with Gasteiger partial charge in [0.25, 0.3) is 0 Å². The third-order valence-corrected chi connectivity index (χ3v) is 3.75. The van der Waals surface area contributed by atoms with Gasteiger partial charge in [-0.2, -0.15) is 0 Å². The van der Waals surface area contributed by atoms with Gasteiger partial charge in [0.15, 0.2) is 0 Å². The molecular weight excluding hydrogens is 275 g/mol. The highest BCUT2D eigenvalue weighted by Gasteiger charge is 2.11. The van der Waals surface area contributed by atoms with Gasteiger partial charge in [-0.05, 0) is 35.9 Å². The minimum Gasteiger partial charge on any atom is -0.323 e. The average Bonchev–Trinajstić information content (AvgIpc) is 2.81. The van der Waals surface area contributed by atoms with E-state index in [2.05, 4.69) is 16.5 Å². The fourth-order valence-corrected chi connectivity index (χ4v) is 2.58. The Morgan fingerprint density at radius 1 is 1.20 bits per heavy atom. The number of fused-ring (bicyclic) bond motifs is 1. The van der Waals surface area contributed by atoms with Crippen LogP contribution in [0.25, 0.3) is 11.0 Å². The van der Waals surface area contributed by atoms with Crippen LogP contribution < -0.4 is 0 Å². The Balaban J connectivity index is 2.12. The molecule has 0 bridgehead atoms. The molecule has 0 atom stereocenters. The van der Waals surface area contributed by atoms with E-state index >= 15 is 0 Å². The van der Waals surface area contributed by atoms with Crippen molar-refractivity contribution in [3.05, 3.63) is 64.7 Å². The molecule has 0 aliphatic rings. The zero-order valence-corrected chi connectivity index (χ0v) is 11.9. The number of imidazole rings is 1. The lowest BCUT2D eigenvalue weighted by Gasteiger charge is -2.10. The standard InChI is InChI=1S/C16H14ClFN2/c1-2-16-19-14-5-3-4-6-15(14)20(16)10-11-9-12(18)7-8-13(11)17/h3-9H,2,10H2,1H3. The Kier molecular flexibility index (Phi) is 3.45. The van der Waals surface area contributed by atoms with Crippen LogP contribution in [0.1, 0.15) is 18.3 Å². The Labute approximate surface area is 121 Å². The Morgan fingerprint density at radius 2 is 2.00 bits per heavy atom. The third kappa shape index (κ3) is 2.29. The summed E-state index contributed by atoms with van der Waals surface area (Å²) in [5, 5.41) is 0.575. The number of nitrogens with zero attached hydrogens (tertiary/aromatic N) is 2. The summed E-state index contributed by atoms with van der Waals surface area (Å²) in [5.74, 6) is 0.707. The van der Waals surface area contributed by atoms with Crippen LogP contribution in [-0.4, -0.2) is 9.55 Å². The van der Waals surface area contributed by atoms with Crippen LogP contribution in [0.2, 0.25) is 5.02 Å². The summed E-state index contributed by atoms with van der Waals surface area (Å²) in [5.41, 5.74) is 2.77. The molecule has 2 aromatic carbocycles. The molecule has 20 heavy (non-hydrogen) atoms. The maximum Gasteiger partial charge on any atom is 0.123 e. The summed E-state index contributed by atoms with van der Waals surface area (Å²) < 4.78 is 15.5. The molecule has 3 rings (SSSR count). The molecule has 3 aromatic rings. The van der Waals surface area contributed by atoms with Gasteiger partial charge in [-0.1, -0.05) is 30.7 Å². The summed E-state index contributed by atoms with van der Waals surface area (Å²) in [4.78, 5) is 4.61. The van der Waals surface area contributed by atoms with E-state index < -0.39 is 0 Å². The maximum atomic E-state index is 13.4. The first-order valence-corrected chi connectivity index (χ1v) is 6.95. The molecule has 0 N–H and O–H groups in total. The van der Waals surface area contributed by atoms with E-state index in [0.717, 1.165) is 28.8 Å². The number of hydrogen-bond acceptors (Lipinski definition) is 1. The molecule has 0 saturated heterocycles. The van der Waals surface area contributed by atoms with Crippen LogP contribution in [0, 0.1) is 5.82 Å². The highest BCUT2D eigenvalue weighted by molar-refractivity contribution is 6.31. The van der Waals surface area contributed by atoms with E-state index in [-0.39, 0.29) is 5.82 Å². The van der Waals surface area contributed by atoms with Crippen LogP contribution >= 0.6 is 11.6 Å². The number of hydrogen-bond donors (Lipinski definition) is 0. The highest BCUT2D eigenvalue weighted by atomic mass is 35.5. The van der Waals surface area contributed by atoms with Gasteiger partial charge in [0.1, 0.15) is 11.6 Å². The lowest BCUT2D eigenvalue weighted by molar-refractivity contribution is 0.623. The van der Waals surface area contributed by atoms with Gasteiger partial charge >= 0.3 is 0 Å². The predicted molar refractivity (Wildman–Crippen MR) is 79.6 cm³/mol.